The predicted octanol–water partition coefficient (Wildman–Crippen LogP) is 2.92. The highest BCUT2D eigenvalue weighted by Gasteiger charge is 2.31. The number of ether oxygens (including phenoxy) is 1. The van der Waals surface area contributed by atoms with Crippen molar-refractivity contribution in [2.24, 2.45) is 17.8 Å². The number of β-amino-alcohol motifs (C(OH)–C–C–N with tert-alkyl or cyclic N) is 1. The van der Waals surface area contributed by atoms with Gasteiger partial charge in [-0.25, -0.2) is 0 Å². The van der Waals surface area contributed by atoms with Crippen molar-refractivity contribution in [1.82, 2.24) is 4.90 Å². The lowest BCUT2D eigenvalue weighted by molar-refractivity contribution is -0.0730. The summed E-state index contributed by atoms with van der Waals surface area (Å²) in [6, 6.07) is 0. The van der Waals surface area contributed by atoms with Crippen LogP contribution < -0.4 is 0 Å². The van der Waals surface area contributed by atoms with E-state index in [0.29, 0.717) is 24.5 Å². The predicted molar refractivity (Wildman–Crippen MR) is 82.8 cm³/mol. The highest BCUT2D eigenvalue weighted by Crippen LogP contribution is 2.35. The monoisotopic (exact) mass is 283 g/mol. The van der Waals surface area contributed by atoms with Gasteiger partial charge in [0.25, 0.3) is 0 Å². The molecule has 2 aliphatic rings. The second-order valence-electron chi connectivity index (χ2n) is 7.36. The molecular weight excluding hydrogens is 250 g/mol. The standard InChI is InChI=1S/C17H33NO2/c1-13(2)16-7-6-14(3)10-17(16)20-12-15(19)11-18-8-4-5-9-18/h13-17,19H,4-12H2,1-3H3/t14?,15-,16?,17?/m1/s1. The van der Waals surface area contributed by atoms with Crippen LogP contribution in [0.25, 0.3) is 0 Å². The molecule has 1 heterocycles. The number of hydrogen-bond acceptors (Lipinski definition) is 3. The molecule has 2 rings (SSSR count). The summed E-state index contributed by atoms with van der Waals surface area (Å²) in [7, 11) is 0. The zero-order valence-corrected chi connectivity index (χ0v) is 13.6. The molecule has 1 aliphatic heterocycles. The van der Waals surface area contributed by atoms with Crippen LogP contribution in [0.15, 0.2) is 0 Å². The molecule has 0 aromatic rings. The minimum atomic E-state index is -0.321. The first-order valence-electron chi connectivity index (χ1n) is 8.58. The molecular formula is C17H33NO2. The molecule has 0 amide bonds. The van der Waals surface area contributed by atoms with Gasteiger partial charge in [-0.05, 0) is 56.5 Å². The minimum absolute atomic E-state index is 0.321. The van der Waals surface area contributed by atoms with E-state index in [-0.39, 0.29) is 6.10 Å². The third kappa shape index (κ3) is 4.71. The Kier molecular flexibility index (Phi) is 6.31. The molecule has 0 radical (unpaired) electrons. The fraction of sp³-hybridized carbons (Fsp3) is 1.00. The first kappa shape index (κ1) is 16.3. The number of nitrogens with zero attached hydrogens (tertiary/aromatic N) is 1. The molecule has 20 heavy (non-hydrogen) atoms. The summed E-state index contributed by atoms with van der Waals surface area (Å²) >= 11 is 0. The molecule has 1 aliphatic carbocycles. The molecule has 1 saturated carbocycles. The van der Waals surface area contributed by atoms with Crippen LogP contribution in [0.2, 0.25) is 0 Å². The fourth-order valence-corrected chi connectivity index (χ4v) is 3.86. The summed E-state index contributed by atoms with van der Waals surface area (Å²) in [5.41, 5.74) is 0. The van der Waals surface area contributed by atoms with Crippen molar-refractivity contribution in [2.45, 2.75) is 65.1 Å². The molecule has 3 nitrogen and oxygen atoms in total. The quantitative estimate of drug-likeness (QED) is 0.813. The first-order valence-corrected chi connectivity index (χ1v) is 8.58. The van der Waals surface area contributed by atoms with Crippen LogP contribution in [0.4, 0.5) is 0 Å². The second-order valence-corrected chi connectivity index (χ2v) is 7.36. The van der Waals surface area contributed by atoms with Crippen LogP contribution in [-0.4, -0.2) is 48.5 Å². The van der Waals surface area contributed by atoms with Crippen LogP contribution in [-0.2, 0) is 4.74 Å². The Balaban J connectivity index is 1.74. The lowest BCUT2D eigenvalue weighted by Crippen LogP contribution is -2.38. The van der Waals surface area contributed by atoms with Gasteiger partial charge < -0.3 is 14.7 Å². The van der Waals surface area contributed by atoms with Gasteiger partial charge in [0, 0.05) is 6.54 Å². The van der Waals surface area contributed by atoms with E-state index in [0.717, 1.165) is 25.6 Å². The maximum absolute atomic E-state index is 10.2. The van der Waals surface area contributed by atoms with Crippen molar-refractivity contribution in [3.8, 4) is 0 Å². The number of aliphatic hydroxyl groups is 1. The average molecular weight is 283 g/mol. The van der Waals surface area contributed by atoms with Gasteiger partial charge in [-0.15, -0.1) is 0 Å². The smallest absolute Gasteiger partial charge is 0.0900 e. The third-order valence-electron chi connectivity index (χ3n) is 5.13. The number of hydrogen-bond donors (Lipinski definition) is 1. The molecule has 1 N–H and O–H groups in total. The van der Waals surface area contributed by atoms with Gasteiger partial charge in [0.2, 0.25) is 0 Å². The van der Waals surface area contributed by atoms with Crippen LogP contribution in [0, 0.1) is 17.8 Å². The van der Waals surface area contributed by atoms with Crippen LogP contribution >= 0.6 is 0 Å². The summed E-state index contributed by atoms with van der Waals surface area (Å²) < 4.78 is 6.12. The average Bonchev–Trinajstić information content (AvgIpc) is 2.89. The summed E-state index contributed by atoms with van der Waals surface area (Å²) in [5, 5.41) is 10.2. The zero-order valence-electron chi connectivity index (χ0n) is 13.6. The Morgan fingerprint density at radius 1 is 1.20 bits per heavy atom. The number of likely N-dealkylation sites (tertiary alicyclic amines) is 1. The lowest BCUT2D eigenvalue weighted by atomic mass is 9.75. The van der Waals surface area contributed by atoms with Crippen LogP contribution in [0.5, 0.6) is 0 Å². The second kappa shape index (κ2) is 7.77. The van der Waals surface area contributed by atoms with Gasteiger partial charge in [0.05, 0.1) is 18.8 Å². The Morgan fingerprint density at radius 2 is 1.90 bits per heavy atom. The Labute approximate surface area is 124 Å². The summed E-state index contributed by atoms with van der Waals surface area (Å²) in [4.78, 5) is 2.36. The van der Waals surface area contributed by atoms with Gasteiger partial charge in [-0.3, -0.25) is 0 Å². The molecule has 4 atom stereocenters. The van der Waals surface area contributed by atoms with E-state index in [9.17, 15) is 5.11 Å². The normalized spacial score (nSPS) is 33.8. The molecule has 3 heteroatoms. The molecule has 118 valence electrons. The highest BCUT2D eigenvalue weighted by atomic mass is 16.5. The number of aliphatic hydroxyl groups excluding tert-OH is 1. The Bertz CT molecular complexity index is 276. The van der Waals surface area contributed by atoms with E-state index in [1.807, 2.05) is 0 Å². The van der Waals surface area contributed by atoms with Crippen molar-refractivity contribution in [3.05, 3.63) is 0 Å². The molecule has 0 aromatic heterocycles. The van der Waals surface area contributed by atoms with Crippen molar-refractivity contribution in [3.63, 3.8) is 0 Å². The summed E-state index contributed by atoms with van der Waals surface area (Å²) in [6.07, 6.45) is 6.38. The third-order valence-corrected chi connectivity index (χ3v) is 5.13. The van der Waals surface area contributed by atoms with E-state index >= 15 is 0 Å². The molecule has 3 unspecified atom stereocenters. The van der Waals surface area contributed by atoms with Crippen molar-refractivity contribution < 1.29 is 9.84 Å². The van der Waals surface area contributed by atoms with E-state index in [4.69, 9.17) is 4.74 Å². The molecule has 0 bridgehead atoms. The van der Waals surface area contributed by atoms with Gasteiger partial charge in [0.15, 0.2) is 0 Å². The van der Waals surface area contributed by atoms with E-state index in [1.165, 1.54) is 32.1 Å². The lowest BCUT2D eigenvalue weighted by Gasteiger charge is -2.37. The van der Waals surface area contributed by atoms with Crippen LogP contribution in [0.1, 0.15) is 52.9 Å². The van der Waals surface area contributed by atoms with Gasteiger partial charge in [-0.2, -0.15) is 0 Å². The minimum Gasteiger partial charge on any atom is -0.389 e. The maximum atomic E-state index is 10.2. The van der Waals surface area contributed by atoms with Crippen molar-refractivity contribution in [2.75, 3.05) is 26.2 Å². The first-order chi connectivity index (χ1) is 9.56. The Hall–Kier alpha value is -0.120. The van der Waals surface area contributed by atoms with Crippen molar-refractivity contribution in [1.29, 1.82) is 0 Å². The highest BCUT2D eigenvalue weighted by molar-refractivity contribution is 4.82. The molecule has 0 spiro atoms. The zero-order chi connectivity index (χ0) is 14.5. The van der Waals surface area contributed by atoms with Gasteiger partial charge in [0.1, 0.15) is 0 Å². The summed E-state index contributed by atoms with van der Waals surface area (Å²) in [6.45, 7) is 10.5. The van der Waals surface area contributed by atoms with Crippen molar-refractivity contribution >= 4 is 0 Å². The van der Waals surface area contributed by atoms with E-state index in [2.05, 4.69) is 25.7 Å². The van der Waals surface area contributed by atoms with E-state index in [1.54, 1.807) is 0 Å². The molecule has 0 aromatic carbocycles. The summed E-state index contributed by atoms with van der Waals surface area (Å²) in [5.74, 6) is 2.12. The van der Waals surface area contributed by atoms with E-state index < -0.39 is 0 Å². The SMILES string of the molecule is CC1CCC(C(C)C)C(OC[C@H](O)CN2CCCC2)C1. The fourth-order valence-electron chi connectivity index (χ4n) is 3.86. The molecule has 1 saturated heterocycles. The number of rotatable bonds is 6. The maximum Gasteiger partial charge on any atom is 0.0900 e. The topological polar surface area (TPSA) is 32.7 Å². The molecule has 2 fully saturated rings. The van der Waals surface area contributed by atoms with Crippen LogP contribution in [0.3, 0.4) is 0 Å². The largest absolute Gasteiger partial charge is 0.389 e. The van der Waals surface area contributed by atoms with Gasteiger partial charge >= 0.3 is 0 Å². The Morgan fingerprint density at radius 3 is 2.55 bits per heavy atom. The van der Waals surface area contributed by atoms with Gasteiger partial charge in [-0.1, -0.05) is 27.2 Å².